The molecule has 0 fully saturated rings. The average molecular weight is 266 g/mol. The Bertz CT molecular complexity index is 597. The van der Waals surface area contributed by atoms with Crippen LogP contribution in [0.15, 0.2) is 41.2 Å². The Morgan fingerprint density at radius 1 is 1.26 bits per heavy atom. The average Bonchev–Trinajstić information content (AvgIpc) is 2.88. The highest BCUT2D eigenvalue weighted by molar-refractivity contribution is 5.59. The van der Waals surface area contributed by atoms with Gasteiger partial charge < -0.3 is 9.73 Å². The van der Waals surface area contributed by atoms with Gasteiger partial charge in [-0.25, -0.2) is 0 Å². The molecule has 0 aliphatic carbocycles. The summed E-state index contributed by atoms with van der Waals surface area (Å²) >= 11 is 0. The first-order valence-corrected chi connectivity index (χ1v) is 5.37. The molecular formula is C13H9F3N2O. The van der Waals surface area contributed by atoms with E-state index in [-0.39, 0.29) is 5.56 Å². The molecule has 1 N–H and O–H groups in total. The van der Waals surface area contributed by atoms with Crippen LogP contribution >= 0.6 is 0 Å². The van der Waals surface area contributed by atoms with E-state index in [1.54, 1.807) is 12.1 Å². The molecule has 19 heavy (non-hydrogen) atoms. The summed E-state index contributed by atoms with van der Waals surface area (Å²) < 4.78 is 42.4. The van der Waals surface area contributed by atoms with E-state index in [0.29, 0.717) is 12.2 Å². The molecule has 0 unspecified atom stereocenters. The maximum Gasteiger partial charge on any atom is 0.416 e. The van der Waals surface area contributed by atoms with E-state index in [1.165, 1.54) is 18.6 Å². The lowest BCUT2D eigenvalue weighted by Gasteiger charge is -2.11. The SMILES string of the molecule is N#Cc1cc(C(F)(F)F)ccc1NCc1ccoc1. The molecule has 6 heteroatoms. The van der Waals surface area contributed by atoms with Gasteiger partial charge in [0.15, 0.2) is 0 Å². The Morgan fingerprint density at radius 2 is 2.05 bits per heavy atom. The van der Waals surface area contributed by atoms with Crippen LogP contribution in [0, 0.1) is 11.3 Å². The number of anilines is 1. The molecule has 2 aromatic rings. The van der Waals surface area contributed by atoms with E-state index in [1.807, 2.05) is 0 Å². The van der Waals surface area contributed by atoms with Crippen molar-refractivity contribution in [3.05, 3.63) is 53.5 Å². The van der Waals surface area contributed by atoms with Gasteiger partial charge in [-0.2, -0.15) is 18.4 Å². The Morgan fingerprint density at radius 3 is 2.63 bits per heavy atom. The van der Waals surface area contributed by atoms with Crippen molar-refractivity contribution in [3.8, 4) is 6.07 Å². The fourth-order valence-corrected chi connectivity index (χ4v) is 1.56. The predicted molar refractivity (Wildman–Crippen MR) is 62.2 cm³/mol. The van der Waals surface area contributed by atoms with E-state index in [2.05, 4.69) is 5.32 Å². The molecule has 0 bridgehead atoms. The van der Waals surface area contributed by atoms with Crippen molar-refractivity contribution in [1.82, 2.24) is 0 Å². The van der Waals surface area contributed by atoms with Crippen LogP contribution in [0.25, 0.3) is 0 Å². The first-order chi connectivity index (χ1) is 9.00. The molecular weight excluding hydrogens is 257 g/mol. The third-order valence-corrected chi connectivity index (χ3v) is 2.53. The summed E-state index contributed by atoms with van der Waals surface area (Å²) in [5.41, 5.74) is 0.316. The molecule has 3 nitrogen and oxygen atoms in total. The monoisotopic (exact) mass is 266 g/mol. The van der Waals surface area contributed by atoms with Crippen LogP contribution in [0.3, 0.4) is 0 Å². The minimum absolute atomic E-state index is 0.0432. The lowest BCUT2D eigenvalue weighted by molar-refractivity contribution is -0.137. The van der Waals surface area contributed by atoms with Crippen molar-refractivity contribution >= 4 is 5.69 Å². The third-order valence-electron chi connectivity index (χ3n) is 2.53. The molecule has 1 heterocycles. The van der Waals surface area contributed by atoms with Crippen LogP contribution in [0.5, 0.6) is 0 Å². The smallest absolute Gasteiger partial charge is 0.416 e. The number of nitrogens with zero attached hydrogens (tertiary/aromatic N) is 1. The lowest BCUT2D eigenvalue weighted by atomic mass is 10.1. The summed E-state index contributed by atoms with van der Waals surface area (Å²) in [6, 6.07) is 6.50. The second-order valence-electron chi connectivity index (χ2n) is 3.86. The number of halogens is 3. The van der Waals surface area contributed by atoms with E-state index in [0.717, 1.165) is 17.7 Å². The standard InChI is InChI=1S/C13H9F3N2O/c14-13(15,16)11-1-2-12(10(5-11)6-17)18-7-9-3-4-19-8-9/h1-5,8,18H,7H2. The summed E-state index contributed by atoms with van der Waals surface area (Å²) in [6.07, 6.45) is -1.44. The number of nitriles is 1. The highest BCUT2D eigenvalue weighted by atomic mass is 19.4. The number of alkyl halides is 3. The first-order valence-electron chi connectivity index (χ1n) is 5.37. The predicted octanol–water partition coefficient (Wildman–Crippen LogP) is 3.78. The van der Waals surface area contributed by atoms with Crippen LogP contribution in [0.1, 0.15) is 16.7 Å². The second-order valence-corrected chi connectivity index (χ2v) is 3.86. The van der Waals surface area contributed by atoms with E-state index >= 15 is 0 Å². The minimum atomic E-state index is -4.45. The topological polar surface area (TPSA) is 49.0 Å². The zero-order valence-electron chi connectivity index (χ0n) is 9.66. The number of hydrogen-bond acceptors (Lipinski definition) is 3. The van der Waals surface area contributed by atoms with Gasteiger partial charge in [0.25, 0.3) is 0 Å². The van der Waals surface area contributed by atoms with Gasteiger partial charge in [-0.05, 0) is 24.3 Å². The highest BCUT2D eigenvalue weighted by Crippen LogP contribution is 2.31. The van der Waals surface area contributed by atoms with Gasteiger partial charge in [-0.1, -0.05) is 0 Å². The summed E-state index contributed by atoms with van der Waals surface area (Å²) in [4.78, 5) is 0. The molecule has 1 aromatic carbocycles. The van der Waals surface area contributed by atoms with E-state index < -0.39 is 11.7 Å². The van der Waals surface area contributed by atoms with Crippen molar-refractivity contribution in [2.45, 2.75) is 12.7 Å². The molecule has 0 atom stereocenters. The third kappa shape index (κ3) is 3.07. The maximum atomic E-state index is 12.5. The molecule has 0 amide bonds. The zero-order valence-corrected chi connectivity index (χ0v) is 9.66. The molecule has 0 spiro atoms. The van der Waals surface area contributed by atoms with Crippen LogP contribution in [-0.2, 0) is 12.7 Å². The molecule has 0 aliphatic rings. The van der Waals surface area contributed by atoms with Gasteiger partial charge in [0.05, 0.1) is 29.3 Å². The van der Waals surface area contributed by atoms with Crippen molar-refractivity contribution < 1.29 is 17.6 Å². The lowest BCUT2D eigenvalue weighted by Crippen LogP contribution is -2.07. The minimum Gasteiger partial charge on any atom is -0.472 e. The largest absolute Gasteiger partial charge is 0.472 e. The molecule has 0 saturated carbocycles. The van der Waals surface area contributed by atoms with Crippen LogP contribution in [0.4, 0.5) is 18.9 Å². The molecule has 0 saturated heterocycles. The van der Waals surface area contributed by atoms with Crippen molar-refractivity contribution in [1.29, 1.82) is 5.26 Å². The quantitative estimate of drug-likeness (QED) is 0.919. The van der Waals surface area contributed by atoms with Crippen molar-refractivity contribution in [3.63, 3.8) is 0 Å². The van der Waals surface area contributed by atoms with Crippen molar-refractivity contribution in [2.75, 3.05) is 5.32 Å². The van der Waals surface area contributed by atoms with Crippen LogP contribution < -0.4 is 5.32 Å². The highest BCUT2D eigenvalue weighted by Gasteiger charge is 2.31. The normalized spacial score (nSPS) is 11.1. The fraction of sp³-hybridized carbons (Fsp3) is 0.154. The van der Waals surface area contributed by atoms with Gasteiger partial charge in [-0.3, -0.25) is 0 Å². The number of furan rings is 1. The van der Waals surface area contributed by atoms with E-state index in [9.17, 15) is 13.2 Å². The summed E-state index contributed by atoms with van der Waals surface area (Å²) in [6.45, 7) is 0.372. The Balaban J connectivity index is 2.20. The number of hydrogen-bond donors (Lipinski definition) is 1. The second kappa shape index (κ2) is 5.06. The van der Waals surface area contributed by atoms with Gasteiger partial charge in [0.2, 0.25) is 0 Å². The van der Waals surface area contributed by atoms with Crippen molar-refractivity contribution in [2.24, 2.45) is 0 Å². The fourth-order valence-electron chi connectivity index (χ4n) is 1.56. The molecule has 1 aromatic heterocycles. The molecule has 98 valence electrons. The Labute approximate surface area is 107 Å². The van der Waals surface area contributed by atoms with Crippen LogP contribution in [0.2, 0.25) is 0 Å². The Hall–Kier alpha value is -2.42. The number of benzene rings is 1. The van der Waals surface area contributed by atoms with Gasteiger partial charge in [0.1, 0.15) is 6.07 Å². The van der Waals surface area contributed by atoms with Gasteiger partial charge >= 0.3 is 6.18 Å². The van der Waals surface area contributed by atoms with Gasteiger partial charge in [0, 0.05) is 12.1 Å². The van der Waals surface area contributed by atoms with E-state index in [4.69, 9.17) is 9.68 Å². The first kappa shape index (κ1) is 13.0. The number of rotatable bonds is 3. The summed E-state index contributed by atoms with van der Waals surface area (Å²) in [7, 11) is 0. The molecule has 2 rings (SSSR count). The molecule has 0 radical (unpaired) electrons. The number of nitrogens with one attached hydrogen (secondary N) is 1. The summed E-state index contributed by atoms with van der Waals surface area (Å²) in [5.74, 6) is 0. The summed E-state index contributed by atoms with van der Waals surface area (Å²) in [5, 5.41) is 11.8. The Kier molecular flexibility index (Phi) is 3.47. The van der Waals surface area contributed by atoms with Gasteiger partial charge in [-0.15, -0.1) is 0 Å². The maximum absolute atomic E-state index is 12.5. The molecule has 0 aliphatic heterocycles. The van der Waals surface area contributed by atoms with Crippen LogP contribution in [-0.4, -0.2) is 0 Å². The zero-order chi connectivity index (χ0) is 13.9.